The van der Waals surface area contributed by atoms with Crippen LogP contribution in [-0.2, 0) is 19.1 Å². The predicted octanol–water partition coefficient (Wildman–Crippen LogP) is 3.25. The number of nitrogens with one attached hydrogen (secondary N) is 1. The van der Waals surface area contributed by atoms with Gasteiger partial charge in [-0.05, 0) is 28.7 Å². The van der Waals surface area contributed by atoms with Gasteiger partial charge in [-0.3, -0.25) is 9.59 Å². The maximum absolute atomic E-state index is 12.9. The van der Waals surface area contributed by atoms with Gasteiger partial charge in [0.2, 0.25) is 5.91 Å². The van der Waals surface area contributed by atoms with E-state index >= 15 is 0 Å². The number of carbonyl (C=O) groups is 3. The van der Waals surface area contributed by atoms with Crippen LogP contribution in [0.2, 0.25) is 0 Å². The van der Waals surface area contributed by atoms with Crippen molar-refractivity contribution in [2.24, 2.45) is 0 Å². The largest absolute Gasteiger partial charge is 0.480 e. The number of carbonyl (C=O) groups excluding carboxylic acids is 2. The molecule has 0 aliphatic heterocycles. The lowest BCUT2D eigenvalue weighted by molar-refractivity contribution is -0.145. The summed E-state index contributed by atoms with van der Waals surface area (Å²) in [6.45, 7) is 1.87. The van der Waals surface area contributed by atoms with Crippen molar-refractivity contribution in [3.8, 4) is 11.1 Å². The van der Waals surface area contributed by atoms with E-state index in [9.17, 15) is 14.4 Å². The number of alkyl carbamates (subject to hydrolysis) is 1. The van der Waals surface area contributed by atoms with Crippen molar-refractivity contribution in [3.05, 3.63) is 59.7 Å². The molecule has 8 heteroatoms. The lowest BCUT2D eigenvalue weighted by atomic mass is 9.98. The molecule has 33 heavy (non-hydrogen) atoms. The normalized spacial score (nSPS) is 13.0. The summed E-state index contributed by atoms with van der Waals surface area (Å²) in [6.07, 6.45) is 0.294. The summed E-state index contributed by atoms with van der Waals surface area (Å²) >= 11 is 0. The predicted molar refractivity (Wildman–Crippen MR) is 123 cm³/mol. The first-order valence-corrected chi connectivity index (χ1v) is 11.1. The van der Waals surface area contributed by atoms with Gasteiger partial charge in [0.05, 0.1) is 6.61 Å². The Labute approximate surface area is 193 Å². The molecule has 1 atom stereocenters. The smallest absolute Gasteiger partial charge is 0.407 e. The van der Waals surface area contributed by atoms with Crippen LogP contribution >= 0.6 is 0 Å². The molecule has 0 aromatic heterocycles. The molecule has 8 nitrogen and oxygen atoms in total. The van der Waals surface area contributed by atoms with Crippen molar-refractivity contribution in [3.63, 3.8) is 0 Å². The fourth-order valence-corrected chi connectivity index (χ4v) is 4.18. The molecule has 0 saturated heterocycles. The Morgan fingerprint density at radius 1 is 1.06 bits per heavy atom. The average molecular weight is 455 g/mol. The number of rotatable bonds is 11. The third-order valence-electron chi connectivity index (χ3n) is 5.71. The molecule has 2 N–H and O–H groups in total. The lowest BCUT2D eigenvalue weighted by Crippen LogP contribution is -2.50. The highest BCUT2D eigenvalue weighted by atomic mass is 16.5. The fraction of sp³-hybridized carbons (Fsp3) is 0.400. The maximum atomic E-state index is 12.9. The number of benzene rings is 2. The zero-order valence-electron chi connectivity index (χ0n) is 19.0. The van der Waals surface area contributed by atoms with E-state index in [0.29, 0.717) is 12.8 Å². The van der Waals surface area contributed by atoms with Crippen LogP contribution in [0.25, 0.3) is 11.1 Å². The second-order valence-corrected chi connectivity index (χ2v) is 7.96. The van der Waals surface area contributed by atoms with Crippen molar-refractivity contribution in [1.82, 2.24) is 10.2 Å². The first kappa shape index (κ1) is 24.3. The highest BCUT2D eigenvalue weighted by Gasteiger charge is 2.30. The molecule has 1 aliphatic carbocycles. The zero-order chi connectivity index (χ0) is 23.8. The molecule has 0 fully saturated rings. The molecular formula is C25H30N2O6. The van der Waals surface area contributed by atoms with Gasteiger partial charge >= 0.3 is 12.1 Å². The van der Waals surface area contributed by atoms with Crippen LogP contribution in [0.3, 0.4) is 0 Å². The number of hydrogen-bond donors (Lipinski definition) is 2. The molecule has 3 rings (SSSR count). The van der Waals surface area contributed by atoms with E-state index in [1.165, 1.54) is 12.0 Å². The van der Waals surface area contributed by atoms with Gasteiger partial charge in [-0.1, -0.05) is 61.9 Å². The van der Waals surface area contributed by atoms with E-state index in [1.807, 2.05) is 43.3 Å². The minimum absolute atomic E-state index is 0.0892. The van der Waals surface area contributed by atoms with Crippen LogP contribution in [-0.4, -0.2) is 67.4 Å². The Balaban J connectivity index is 1.67. The number of nitrogens with zero attached hydrogens (tertiary/aromatic N) is 1. The van der Waals surface area contributed by atoms with Crippen LogP contribution in [0.15, 0.2) is 48.5 Å². The van der Waals surface area contributed by atoms with Crippen LogP contribution in [0.4, 0.5) is 4.79 Å². The van der Waals surface area contributed by atoms with Crippen molar-refractivity contribution in [2.45, 2.75) is 31.7 Å². The van der Waals surface area contributed by atoms with Gasteiger partial charge < -0.3 is 24.8 Å². The summed E-state index contributed by atoms with van der Waals surface area (Å²) in [5.41, 5.74) is 4.45. The minimum atomic E-state index is -1.13. The SMILES string of the molecule is CCC[C@H](NC(=O)OCC1c2ccccc2-c2ccccc21)C(=O)N(CCOC)CC(=O)O. The molecular weight excluding hydrogens is 424 g/mol. The van der Waals surface area contributed by atoms with Gasteiger partial charge in [-0.15, -0.1) is 0 Å². The average Bonchev–Trinajstić information content (AvgIpc) is 3.13. The van der Waals surface area contributed by atoms with Crippen molar-refractivity contribution in [1.29, 1.82) is 0 Å². The molecule has 1 aliphatic rings. The van der Waals surface area contributed by atoms with E-state index in [0.717, 1.165) is 22.3 Å². The van der Waals surface area contributed by atoms with Crippen molar-refractivity contribution in [2.75, 3.05) is 33.4 Å². The standard InChI is InChI=1S/C25H30N2O6/c1-3-8-22(24(30)27(13-14-32-2)15-23(28)29)26-25(31)33-16-21-19-11-6-4-9-17(19)18-10-5-7-12-20(18)21/h4-7,9-12,21-22H,3,8,13-16H2,1-2H3,(H,26,31)(H,28,29)/t22-/m0/s1. The number of fused-ring (bicyclic) bond motifs is 3. The van der Waals surface area contributed by atoms with Crippen molar-refractivity contribution >= 4 is 18.0 Å². The number of aliphatic carboxylic acids is 1. The van der Waals surface area contributed by atoms with Crippen LogP contribution in [0, 0.1) is 0 Å². The quantitative estimate of drug-likeness (QED) is 0.540. The molecule has 0 unspecified atom stereocenters. The van der Waals surface area contributed by atoms with Gasteiger partial charge in [-0.25, -0.2) is 4.79 Å². The number of carboxylic acid groups (broad SMARTS) is 1. The monoisotopic (exact) mass is 454 g/mol. The number of carboxylic acids is 1. The lowest BCUT2D eigenvalue weighted by Gasteiger charge is -2.26. The van der Waals surface area contributed by atoms with Gasteiger partial charge in [0.25, 0.3) is 0 Å². The Morgan fingerprint density at radius 2 is 1.67 bits per heavy atom. The molecule has 0 saturated carbocycles. The highest BCUT2D eigenvalue weighted by Crippen LogP contribution is 2.44. The molecule has 0 heterocycles. The summed E-state index contributed by atoms with van der Waals surface area (Å²) in [6, 6.07) is 15.2. The first-order valence-electron chi connectivity index (χ1n) is 11.1. The van der Waals surface area contributed by atoms with Gasteiger partial charge in [0.1, 0.15) is 19.2 Å². The Hall–Kier alpha value is -3.39. The number of methoxy groups -OCH3 is 1. The third-order valence-corrected chi connectivity index (χ3v) is 5.71. The molecule has 0 spiro atoms. The highest BCUT2D eigenvalue weighted by molar-refractivity contribution is 5.88. The molecule has 0 radical (unpaired) electrons. The van der Waals surface area contributed by atoms with Crippen LogP contribution < -0.4 is 5.32 Å². The van der Waals surface area contributed by atoms with E-state index in [4.69, 9.17) is 14.6 Å². The molecule has 2 aromatic rings. The van der Waals surface area contributed by atoms with Crippen LogP contribution in [0.1, 0.15) is 36.8 Å². The second-order valence-electron chi connectivity index (χ2n) is 7.96. The maximum Gasteiger partial charge on any atom is 0.407 e. The summed E-state index contributed by atoms with van der Waals surface area (Å²) < 4.78 is 10.5. The summed E-state index contributed by atoms with van der Waals surface area (Å²) in [5, 5.41) is 11.8. The van der Waals surface area contributed by atoms with Gasteiger partial charge in [0, 0.05) is 19.6 Å². The zero-order valence-corrected chi connectivity index (χ0v) is 19.0. The van der Waals surface area contributed by atoms with E-state index in [2.05, 4.69) is 17.4 Å². The van der Waals surface area contributed by atoms with Crippen LogP contribution in [0.5, 0.6) is 0 Å². The summed E-state index contributed by atoms with van der Waals surface area (Å²) in [5.74, 6) is -1.69. The van der Waals surface area contributed by atoms with Crippen molar-refractivity contribution < 1.29 is 29.0 Å². The Bertz CT molecular complexity index is 947. The third kappa shape index (κ3) is 5.90. The topological polar surface area (TPSA) is 105 Å². The molecule has 2 amide bonds. The van der Waals surface area contributed by atoms with E-state index in [-0.39, 0.29) is 25.7 Å². The van der Waals surface area contributed by atoms with Gasteiger partial charge in [-0.2, -0.15) is 0 Å². The Kier molecular flexibility index (Phi) is 8.43. The number of amides is 2. The van der Waals surface area contributed by atoms with Gasteiger partial charge in [0.15, 0.2) is 0 Å². The molecule has 2 aromatic carbocycles. The number of hydrogen-bond acceptors (Lipinski definition) is 5. The Morgan fingerprint density at radius 3 is 2.21 bits per heavy atom. The molecule has 176 valence electrons. The molecule has 0 bridgehead atoms. The number of ether oxygens (including phenoxy) is 2. The summed E-state index contributed by atoms with van der Waals surface area (Å²) in [4.78, 5) is 37.9. The van der Waals surface area contributed by atoms with E-state index < -0.39 is 30.6 Å². The fourth-order valence-electron chi connectivity index (χ4n) is 4.18. The first-order chi connectivity index (χ1) is 16.0. The van der Waals surface area contributed by atoms with E-state index in [1.54, 1.807) is 0 Å². The minimum Gasteiger partial charge on any atom is -0.480 e. The second kappa shape index (κ2) is 11.5. The summed E-state index contributed by atoms with van der Waals surface area (Å²) in [7, 11) is 1.47.